The second-order valence-corrected chi connectivity index (χ2v) is 6.84. The lowest BCUT2D eigenvalue weighted by Gasteiger charge is -2.12. The van der Waals surface area contributed by atoms with Gasteiger partial charge in [-0.3, -0.25) is 0 Å². The average Bonchev–Trinajstić information content (AvgIpc) is 3.46. The molecule has 6 rings (SSSR count). The second-order valence-electron chi connectivity index (χ2n) is 6.84. The highest BCUT2D eigenvalue weighted by Crippen LogP contribution is 2.42. The smallest absolute Gasteiger partial charge is 0.230 e. The molecule has 0 radical (unpaired) electrons. The molecule has 4 heterocycles. The third kappa shape index (κ3) is 2.07. The van der Waals surface area contributed by atoms with E-state index in [0.29, 0.717) is 0 Å². The largest absolute Gasteiger partial charge is 0.464 e. The van der Waals surface area contributed by atoms with E-state index in [2.05, 4.69) is 65.2 Å². The van der Waals surface area contributed by atoms with E-state index in [0.717, 1.165) is 49.8 Å². The molecule has 0 fully saturated rings. The standard InChI is InChI=1S/C25H16NO2/c1-2-9-19-18(8-1)23(21-10-5-15-27-21)20-13-12-17-7-3-4-14-26(17)25(20)24(19)22-11-6-16-28-22/h1-16H/q+1. The van der Waals surface area contributed by atoms with Crippen LogP contribution in [0, 0.1) is 0 Å². The quantitative estimate of drug-likeness (QED) is 0.207. The second kappa shape index (κ2) is 5.83. The zero-order valence-corrected chi connectivity index (χ0v) is 15.0. The van der Waals surface area contributed by atoms with Gasteiger partial charge in [-0.15, -0.1) is 0 Å². The molecule has 4 aromatic heterocycles. The Bertz CT molecular complexity index is 1450. The third-order valence-electron chi connectivity index (χ3n) is 5.32. The van der Waals surface area contributed by atoms with Crippen LogP contribution in [0.25, 0.3) is 49.8 Å². The van der Waals surface area contributed by atoms with Gasteiger partial charge in [-0.05, 0) is 41.8 Å². The van der Waals surface area contributed by atoms with Gasteiger partial charge in [-0.25, -0.2) is 0 Å². The Labute approximate surface area is 161 Å². The molecule has 3 heteroatoms. The van der Waals surface area contributed by atoms with E-state index in [1.54, 1.807) is 12.5 Å². The first kappa shape index (κ1) is 15.2. The minimum absolute atomic E-state index is 0.857. The number of hydrogen-bond donors (Lipinski definition) is 0. The number of benzene rings is 2. The molecule has 132 valence electrons. The lowest BCUT2D eigenvalue weighted by molar-refractivity contribution is -0.481. The normalized spacial score (nSPS) is 11.6. The Morgan fingerprint density at radius 1 is 0.536 bits per heavy atom. The van der Waals surface area contributed by atoms with E-state index >= 15 is 0 Å². The molecule has 0 atom stereocenters. The van der Waals surface area contributed by atoms with Crippen molar-refractivity contribution in [1.29, 1.82) is 0 Å². The first-order chi connectivity index (χ1) is 13.9. The lowest BCUT2D eigenvalue weighted by Crippen LogP contribution is -2.23. The predicted molar refractivity (Wildman–Crippen MR) is 110 cm³/mol. The fourth-order valence-corrected chi connectivity index (χ4v) is 4.18. The van der Waals surface area contributed by atoms with E-state index < -0.39 is 0 Å². The molecule has 0 saturated heterocycles. The van der Waals surface area contributed by atoms with Crippen LogP contribution in [0.3, 0.4) is 0 Å². The molecule has 2 aromatic carbocycles. The van der Waals surface area contributed by atoms with Crippen molar-refractivity contribution in [2.24, 2.45) is 0 Å². The van der Waals surface area contributed by atoms with Crippen LogP contribution in [0.5, 0.6) is 0 Å². The molecule has 3 nitrogen and oxygen atoms in total. The van der Waals surface area contributed by atoms with E-state index in [1.165, 1.54) is 0 Å². The van der Waals surface area contributed by atoms with E-state index in [-0.39, 0.29) is 0 Å². The van der Waals surface area contributed by atoms with Crippen molar-refractivity contribution in [2.75, 3.05) is 0 Å². The molecule has 0 unspecified atom stereocenters. The van der Waals surface area contributed by atoms with Crippen molar-refractivity contribution in [1.82, 2.24) is 0 Å². The van der Waals surface area contributed by atoms with Crippen LogP contribution >= 0.6 is 0 Å². The summed E-state index contributed by atoms with van der Waals surface area (Å²) < 4.78 is 14.0. The summed E-state index contributed by atoms with van der Waals surface area (Å²) in [6.45, 7) is 0. The van der Waals surface area contributed by atoms with Crippen molar-refractivity contribution < 1.29 is 13.2 Å². The fourth-order valence-electron chi connectivity index (χ4n) is 4.18. The molecule has 0 aliphatic rings. The minimum Gasteiger partial charge on any atom is -0.464 e. The minimum atomic E-state index is 0.857. The van der Waals surface area contributed by atoms with Gasteiger partial charge in [0.25, 0.3) is 0 Å². The maximum atomic E-state index is 5.88. The Morgan fingerprint density at radius 3 is 1.93 bits per heavy atom. The molecular formula is C25H16NO2+. The number of pyridine rings is 2. The molecule has 0 N–H and O–H groups in total. The number of furan rings is 2. The Hall–Kier alpha value is -3.85. The van der Waals surface area contributed by atoms with Crippen LogP contribution in [0.15, 0.2) is 106 Å². The van der Waals surface area contributed by atoms with Crippen LogP contribution in [-0.2, 0) is 0 Å². The topological polar surface area (TPSA) is 30.4 Å². The maximum absolute atomic E-state index is 5.88. The van der Waals surface area contributed by atoms with Gasteiger partial charge in [0.2, 0.25) is 11.0 Å². The van der Waals surface area contributed by atoms with Crippen molar-refractivity contribution in [3.05, 3.63) is 97.6 Å². The van der Waals surface area contributed by atoms with Crippen molar-refractivity contribution in [3.63, 3.8) is 0 Å². The van der Waals surface area contributed by atoms with Gasteiger partial charge in [-0.2, -0.15) is 4.40 Å². The van der Waals surface area contributed by atoms with Gasteiger partial charge in [-0.1, -0.05) is 24.3 Å². The summed E-state index contributed by atoms with van der Waals surface area (Å²) in [5, 5.41) is 3.41. The maximum Gasteiger partial charge on any atom is 0.230 e. The number of fused-ring (bicyclic) bond motifs is 4. The lowest BCUT2D eigenvalue weighted by atomic mass is 9.91. The van der Waals surface area contributed by atoms with Gasteiger partial charge in [0, 0.05) is 29.1 Å². The number of aromatic nitrogens is 1. The van der Waals surface area contributed by atoms with Crippen LogP contribution in [0.1, 0.15) is 0 Å². The van der Waals surface area contributed by atoms with Crippen molar-refractivity contribution in [3.8, 4) is 22.6 Å². The van der Waals surface area contributed by atoms with Crippen LogP contribution in [-0.4, -0.2) is 0 Å². The van der Waals surface area contributed by atoms with Crippen LogP contribution < -0.4 is 4.40 Å². The first-order valence-corrected chi connectivity index (χ1v) is 9.27. The molecule has 6 aromatic rings. The highest BCUT2D eigenvalue weighted by molar-refractivity contribution is 6.18. The summed E-state index contributed by atoms with van der Waals surface area (Å²) in [5.41, 5.74) is 4.43. The molecule has 28 heavy (non-hydrogen) atoms. The van der Waals surface area contributed by atoms with Crippen LogP contribution in [0.2, 0.25) is 0 Å². The Kier molecular flexibility index (Phi) is 3.17. The number of nitrogens with zero attached hydrogens (tertiary/aromatic N) is 1. The van der Waals surface area contributed by atoms with Gasteiger partial charge in [0.15, 0.2) is 6.20 Å². The van der Waals surface area contributed by atoms with Crippen molar-refractivity contribution >= 4 is 27.2 Å². The number of rotatable bonds is 2. The summed E-state index contributed by atoms with van der Waals surface area (Å²) in [7, 11) is 0. The summed E-state index contributed by atoms with van der Waals surface area (Å²) in [5.74, 6) is 1.72. The highest BCUT2D eigenvalue weighted by atomic mass is 16.3. The van der Waals surface area contributed by atoms with Gasteiger partial charge < -0.3 is 8.83 Å². The van der Waals surface area contributed by atoms with E-state index in [9.17, 15) is 0 Å². The zero-order valence-electron chi connectivity index (χ0n) is 15.0. The molecule has 0 bridgehead atoms. The van der Waals surface area contributed by atoms with Crippen molar-refractivity contribution in [2.45, 2.75) is 0 Å². The van der Waals surface area contributed by atoms with Gasteiger partial charge in [0.05, 0.1) is 23.5 Å². The summed E-state index contributed by atoms with van der Waals surface area (Å²) in [4.78, 5) is 0. The first-order valence-electron chi connectivity index (χ1n) is 9.27. The summed E-state index contributed by atoms with van der Waals surface area (Å²) >= 11 is 0. The van der Waals surface area contributed by atoms with Gasteiger partial charge >= 0.3 is 0 Å². The summed E-state index contributed by atoms with van der Waals surface area (Å²) in [6, 6.07) is 26.9. The highest BCUT2D eigenvalue weighted by Gasteiger charge is 2.25. The van der Waals surface area contributed by atoms with Gasteiger partial charge in [0.1, 0.15) is 11.5 Å². The van der Waals surface area contributed by atoms with Crippen LogP contribution in [0.4, 0.5) is 0 Å². The molecular weight excluding hydrogens is 346 g/mol. The third-order valence-corrected chi connectivity index (χ3v) is 5.32. The molecule has 0 aliphatic heterocycles. The number of hydrogen-bond acceptors (Lipinski definition) is 2. The molecule has 0 aliphatic carbocycles. The molecule has 0 spiro atoms. The molecule has 0 saturated carbocycles. The fraction of sp³-hybridized carbons (Fsp3) is 0. The Balaban J connectivity index is 1.96. The monoisotopic (exact) mass is 362 g/mol. The average molecular weight is 362 g/mol. The van der Waals surface area contributed by atoms with E-state index in [1.807, 2.05) is 24.3 Å². The Morgan fingerprint density at radius 2 is 1.21 bits per heavy atom. The zero-order chi connectivity index (χ0) is 18.5. The predicted octanol–water partition coefficient (Wildman–Crippen LogP) is 6.25. The SMILES string of the molecule is c1coc(-c2c3ccccc3c(-c3ccco3)c3c2ccc2cccc[n+]23)c1. The summed E-state index contributed by atoms with van der Waals surface area (Å²) in [6.07, 6.45) is 5.56. The van der Waals surface area contributed by atoms with E-state index in [4.69, 9.17) is 8.83 Å². The molecule has 0 amide bonds.